The van der Waals surface area contributed by atoms with Crippen LogP contribution in [0.5, 0.6) is 0 Å². The maximum Gasteiger partial charge on any atom is 0.0562 e. The molecule has 3 nitrogen and oxygen atoms in total. The average Bonchev–Trinajstić information content (AvgIpc) is 2.45. The highest BCUT2D eigenvalue weighted by Gasteiger charge is 2.09. The van der Waals surface area contributed by atoms with Crippen molar-refractivity contribution in [1.29, 1.82) is 0 Å². The Morgan fingerprint density at radius 1 is 1.10 bits per heavy atom. The maximum absolute atomic E-state index is 4.46. The number of nitrogens with zero attached hydrogens (tertiary/aromatic N) is 2. The number of rotatable bonds is 10. The molecular formula is C18H33N3. The van der Waals surface area contributed by atoms with Crippen LogP contribution < -0.4 is 10.2 Å². The highest BCUT2D eigenvalue weighted by atomic mass is 15.1. The second kappa shape index (κ2) is 9.78. The minimum absolute atomic E-state index is 0.745. The van der Waals surface area contributed by atoms with Crippen LogP contribution in [0.4, 0.5) is 5.69 Å². The zero-order valence-corrected chi connectivity index (χ0v) is 14.5. The first kappa shape index (κ1) is 18.0. The Hall–Kier alpha value is -1.09. The summed E-state index contributed by atoms with van der Waals surface area (Å²) in [6, 6.07) is 4.39. The molecule has 0 aliphatic carbocycles. The lowest BCUT2D eigenvalue weighted by atomic mass is 10.1. The van der Waals surface area contributed by atoms with E-state index in [0.29, 0.717) is 0 Å². The molecule has 120 valence electrons. The van der Waals surface area contributed by atoms with Crippen LogP contribution in [-0.4, -0.2) is 24.6 Å². The predicted molar refractivity (Wildman–Crippen MR) is 92.7 cm³/mol. The van der Waals surface area contributed by atoms with E-state index < -0.39 is 0 Å². The van der Waals surface area contributed by atoms with Crippen molar-refractivity contribution in [3.8, 4) is 0 Å². The van der Waals surface area contributed by atoms with Crippen molar-refractivity contribution in [1.82, 2.24) is 10.3 Å². The molecule has 1 heterocycles. The molecular weight excluding hydrogens is 258 g/mol. The third-order valence-corrected chi connectivity index (χ3v) is 3.67. The minimum Gasteiger partial charge on any atom is -0.371 e. The van der Waals surface area contributed by atoms with E-state index in [0.717, 1.165) is 43.7 Å². The summed E-state index contributed by atoms with van der Waals surface area (Å²) in [7, 11) is 0. The molecule has 1 aromatic rings. The standard InChI is InChI=1S/C18H33N3/c1-6-19-14-17-13-18(7-10-20-17)21(11-8-15(2)3)12-9-16(4)5/h7,10,13,15-16,19H,6,8-9,11-12,14H2,1-5H3. The summed E-state index contributed by atoms with van der Waals surface area (Å²) in [6.07, 6.45) is 4.42. The first-order valence-corrected chi connectivity index (χ1v) is 8.43. The fraction of sp³-hybridized carbons (Fsp3) is 0.722. The quantitative estimate of drug-likeness (QED) is 0.704. The number of hydrogen-bond acceptors (Lipinski definition) is 3. The van der Waals surface area contributed by atoms with Gasteiger partial charge in [0.25, 0.3) is 0 Å². The van der Waals surface area contributed by atoms with Gasteiger partial charge < -0.3 is 10.2 Å². The van der Waals surface area contributed by atoms with E-state index in [1.165, 1.54) is 18.5 Å². The fourth-order valence-corrected chi connectivity index (χ4v) is 2.21. The monoisotopic (exact) mass is 291 g/mol. The van der Waals surface area contributed by atoms with Crippen LogP contribution in [0.3, 0.4) is 0 Å². The van der Waals surface area contributed by atoms with Crippen molar-refractivity contribution < 1.29 is 0 Å². The van der Waals surface area contributed by atoms with E-state index in [9.17, 15) is 0 Å². The Morgan fingerprint density at radius 3 is 2.24 bits per heavy atom. The van der Waals surface area contributed by atoms with Crippen molar-refractivity contribution in [2.24, 2.45) is 11.8 Å². The Labute approximate surface area is 131 Å². The molecule has 0 amide bonds. The molecule has 21 heavy (non-hydrogen) atoms. The van der Waals surface area contributed by atoms with Gasteiger partial charge in [-0.05, 0) is 43.4 Å². The Morgan fingerprint density at radius 2 is 1.71 bits per heavy atom. The van der Waals surface area contributed by atoms with Gasteiger partial charge in [-0.3, -0.25) is 4.98 Å². The smallest absolute Gasteiger partial charge is 0.0562 e. The lowest BCUT2D eigenvalue weighted by Gasteiger charge is -2.27. The summed E-state index contributed by atoms with van der Waals surface area (Å²) in [5.41, 5.74) is 2.45. The van der Waals surface area contributed by atoms with Crippen molar-refractivity contribution in [2.75, 3.05) is 24.5 Å². The molecule has 0 aromatic carbocycles. The van der Waals surface area contributed by atoms with E-state index in [1.54, 1.807) is 0 Å². The van der Waals surface area contributed by atoms with Gasteiger partial charge in [0.15, 0.2) is 0 Å². The molecule has 1 N–H and O–H groups in total. The van der Waals surface area contributed by atoms with Gasteiger partial charge in [0, 0.05) is 31.5 Å². The molecule has 0 bridgehead atoms. The van der Waals surface area contributed by atoms with Crippen LogP contribution in [0.1, 0.15) is 53.2 Å². The van der Waals surface area contributed by atoms with Crippen molar-refractivity contribution in [2.45, 2.75) is 54.0 Å². The Kier molecular flexibility index (Phi) is 8.36. The molecule has 0 spiro atoms. The lowest BCUT2D eigenvalue weighted by molar-refractivity contribution is 0.535. The van der Waals surface area contributed by atoms with Crippen molar-refractivity contribution in [3.05, 3.63) is 24.0 Å². The third kappa shape index (κ3) is 7.47. The molecule has 0 fully saturated rings. The molecule has 0 saturated carbocycles. The van der Waals surface area contributed by atoms with Gasteiger partial charge in [-0.15, -0.1) is 0 Å². The Balaban J connectivity index is 2.74. The normalized spacial score (nSPS) is 11.4. The first-order chi connectivity index (χ1) is 10.0. The summed E-state index contributed by atoms with van der Waals surface area (Å²) in [4.78, 5) is 6.99. The maximum atomic E-state index is 4.46. The lowest BCUT2D eigenvalue weighted by Crippen LogP contribution is -2.28. The van der Waals surface area contributed by atoms with E-state index in [1.807, 2.05) is 6.20 Å². The van der Waals surface area contributed by atoms with E-state index >= 15 is 0 Å². The Bertz CT molecular complexity index is 376. The van der Waals surface area contributed by atoms with E-state index in [2.05, 4.69) is 62.0 Å². The van der Waals surface area contributed by atoms with Gasteiger partial charge in [-0.2, -0.15) is 0 Å². The van der Waals surface area contributed by atoms with Gasteiger partial charge in [0.2, 0.25) is 0 Å². The number of anilines is 1. The van der Waals surface area contributed by atoms with Crippen LogP contribution in [0.15, 0.2) is 18.3 Å². The molecule has 1 aromatic heterocycles. The van der Waals surface area contributed by atoms with Gasteiger partial charge in [0.1, 0.15) is 0 Å². The predicted octanol–water partition coefficient (Wildman–Crippen LogP) is 4.09. The second-order valence-corrected chi connectivity index (χ2v) is 6.64. The molecule has 0 saturated heterocycles. The fourth-order valence-electron chi connectivity index (χ4n) is 2.21. The van der Waals surface area contributed by atoms with Crippen LogP contribution in [-0.2, 0) is 6.54 Å². The van der Waals surface area contributed by atoms with E-state index in [-0.39, 0.29) is 0 Å². The van der Waals surface area contributed by atoms with Crippen LogP contribution in [0.2, 0.25) is 0 Å². The van der Waals surface area contributed by atoms with Gasteiger partial charge in [-0.1, -0.05) is 34.6 Å². The number of nitrogens with one attached hydrogen (secondary N) is 1. The highest BCUT2D eigenvalue weighted by molar-refractivity contribution is 5.46. The molecule has 1 rings (SSSR count). The largest absolute Gasteiger partial charge is 0.371 e. The molecule has 0 unspecified atom stereocenters. The average molecular weight is 291 g/mol. The minimum atomic E-state index is 0.745. The summed E-state index contributed by atoms with van der Waals surface area (Å²) >= 11 is 0. The molecule has 0 aliphatic rings. The summed E-state index contributed by atoms with van der Waals surface area (Å²) in [6.45, 7) is 15.4. The van der Waals surface area contributed by atoms with Crippen molar-refractivity contribution >= 4 is 5.69 Å². The third-order valence-electron chi connectivity index (χ3n) is 3.67. The van der Waals surface area contributed by atoms with E-state index in [4.69, 9.17) is 0 Å². The summed E-state index contributed by atoms with van der Waals surface area (Å²) in [5, 5.41) is 3.35. The number of aromatic nitrogens is 1. The van der Waals surface area contributed by atoms with Crippen molar-refractivity contribution in [3.63, 3.8) is 0 Å². The van der Waals surface area contributed by atoms with Crippen LogP contribution in [0, 0.1) is 11.8 Å². The number of hydrogen-bond donors (Lipinski definition) is 1. The molecule has 3 heteroatoms. The van der Waals surface area contributed by atoms with Gasteiger partial charge >= 0.3 is 0 Å². The summed E-state index contributed by atoms with van der Waals surface area (Å²) < 4.78 is 0. The summed E-state index contributed by atoms with van der Waals surface area (Å²) in [5.74, 6) is 1.49. The first-order valence-electron chi connectivity index (χ1n) is 8.43. The zero-order valence-electron chi connectivity index (χ0n) is 14.5. The molecule has 0 radical (unpaired) electrons. The topological polar surface area (TPSA) is 28.2 Å². The van der Waals surface area contributed by atoms with Gasteiger partial charge in [-0.25, -0.2) is 0 Å². The zero-order chi connectivity index (χ0) is 15.7. The molecule has 0 aliphatic heterocycles. The van der Waals surface area contributed by atoms with Gasteiger partial charge in [0.05, 0.1) is 5.69 Å². The SMILES string of the molecule is CCNCc1cc(N(CCC(C)C)CCC(C)C)ccn1. The second-order valence-electron chi connectivity index (χ2n) is 6.64. The highest BCUT2D eigenvalue weighted by Crippen LogP contribution is 2.18. The van der Waals surface area contributed by atoms with Crippen LogP contribution >= 0.6 is 0 Å². The molecule has 0 atom stereocenters. The van der Waals surface area contributed by atoms with Crippen LogP contribution in [0.25, 0.3) is 0 Å². The number of pyridine rings is 1.